The molecule has 1 unspecified atom stereocenters. The van der Waals surface area contributed by atoms with Crippen molar-refractivity contribution in [3.8, 4) is 0 Å². The van der Waals surface area contributed by atoms with Crippen LogP contribution in [0.4, 0.5) is 14.5 Å². The first-order chi connectivity index (χ1) is 16.9. The predicted octanol–water partition coefficient (Wildman–Crippen LogP) is 4.77. The molecule has 35 heavy (non-hydrogen) atoms. The molecular formula is C26H27F2N3O3S. The molecule has 1 fully saturated rings. The molecule has 0 radical (unpaired) electrons. The van der Waals surface area contributed by atoms with Crippen LogP contribution in [0.25, 0.3) is 10.8 Å². The van der Waals surface area contributed by atoms with Crippen LogP contribution in [0.3, 0.4) is 0 Å². The number of piperidine rings is 1. The molecule has 0 aromatic heterocycles. The number of benzene rings is 3. The Morgan fingerprint density at radius 2 is 1.63 bits per heavy atom. The number of hydrogen-bond acceptors (Lipinski definition) is 3. The molecule has 3 aromatic rings. The number of carbonyl (C=O) groups is 2. The lowest BCUT2D eigenvalue weighted by Crippen LogP contribution is -2.45. The summed E-state index contributed by atoms with van der Waals surface area (Å²) < 4.78 is 44.5. The maximum Gasteiger partial charge on any atom is 0.261 e. The van der Waals surface area contributed by atoms with Gasteiger partial charge in [-0.15, -0.1) is 0 Å². The standard InChI is InChI=1S/C26H27F2N3O3S/c1-2-6-24(32)31-15-13-17(14-16-31)30-35(34)23-12-11-22(18-7-3-4-8-19(18)23)29-26(33)25-20(27)9-5-10-21(25)28/h3-5,7-12,17,30H,2,6,13-16H2,1H3,(H,29,33). The Hall–Kier alpha value is -3.17. The van der Waals surface area contributed by atoms with Crippen molar-refractivity contribution in [3.63, 3.8) is 0 Å². The Kier molecular flexibility index (Phi) is 7.87. The van der Waals surface area contributed by atoms with Crippen LogP contribution < -0.4 is 10.0 Å². The van der Waals surface area contributed by atoms with Gasteiger partial charge in [0, 0.05) is 42.0 Å². The Balaban J connectivity index is 1.51. The number of nitrogens with one attached hydrogen (secondary N) is 2. The monoisotopic (exact) mass is 499 g/mol. The SMILES string of the molecule is CCCC(=O)N1CCC(NS(=O)c2ccc(NC(=O)c3c(F)cccc3F)c3ccccc23)CC1. The maximum absolute atomic E-state index is 14.0. The number of halogens is 2. The zero-order valence-corrected chi connectivity index (χ0v) is 20.2. The van der Waals surface area contributed by atoms with E-state index in [1.807, 2.05) is 11.8 Å². The van der Waals surface area contributed by atoms with Crippen LogP contribution in [0.2, 0.25) is 0 Å². The number of likely N-dealkylation sites (tertiary alicyclic amines) is 1. The largest absolute Gasteiger partial charge is 0.343 e. The van der Waals surface area contributed by atoms with Crippen molar-refractivity contribution in [2.24, 2.45) is 0 Å². The van der Waals surface area contributed by atoms with Crippen LogP contribution in [-0.4, -0.2) is 40.1 Å². The number of hydrogen-bond donors (Lipinski definition) is 2. The van der Waals surface area contributed by atoms with Crippen LogP contribution in [0, 0.1) is 11.6 Å². The van der Waals surface area contributed by atoms with Crippen molar-refractivity contribution in [2.45, 2.75) is 43.5 Å². The van der Waals surface area contributed by atoms with Gasteiger partial charge in [0.15, 0.2) is 0 Å². The van der Waals surface area contributed by atoms with Crippen LogP contribution in [0.1, 0.15) is 43.0 Å². The van der Waals surface area contributed by atoms with E-state index >= 15 is 0 Å². The summed E-state index contributed by atoms with van der Waals surface area (Å²) >= 11 is 0. The third kappa shape index (κ3) is 5.57. The first kappa shape index (κ1) is 24.9. The molecule has 1 aliphatic heterocycles. The fraction of sp³-hybridized carbons (Fsp3) is 0.308. The summed E-state index contributed by atoms with van der Waals surface area (Å²) in [5.74, 6) is -2.64. The van der Waals surface area contributed by atoms with Gasteiger partial charge in [0.2, 0.25) is 5.91 Å². The zero-order valence-electron chi connectivity index (χ0n) is 19.4. The van der Waals surface area contributed by atoms with Crippen molar-refractivity contribution >= 4 is 39.3 Å². The van der Waals surface area contributed by atoms with Crippen molar-refractivity contribution < 1.29 is 22.6 Å². The minimum Gasteiger partial charge on any atom is -0.343 e. The number of nitrogens with zero attached hydrogens (tertiary/aromatic N) is 1. The first-order valence-electron chi connectivity index (χ1n) is 11.6. The summed E-state index contributed by atoms with van der Waals surface area (Å²) in [5, 5.41) is 3.84. The lowest BCUT2D eigenvalue weighted by Gasteiger charge is -2.32. The molecule has 3 aromatic carbocycles. The predicted molar refractivity (Wildman–Crippen MR) is 132 cm³/mol. The second-order valence-electron chi connectivity index (χ2n) is 8.50. The average Bonchev–Trinajstić information content (AvgIpc) is 2.84. The molecule has 1 aliphatic rings. The Morgan fingerprint density at radius 1 is 0.971 bits per heavy atom. The molecular weight excluding hydrogens is 472 g/mol. The number of anilines is 1. The maximum atomic E-state index is 14.0. The normalized spacial score (nSPS) is 15.2. The number of rotatable bonds is 7. The highest BCUT2D eigenvalue weighted by Gasteiger charge is 2.24. The van der Waals surface area contributed by atoms with Gasteiger partial charge in [-0.3, -0.25) is 9.59 Å². The van der Waals surface area contributed by atoms with Gasteiger partial charge in [0.05, 0.1) is 4.90 Å². The Labute approximate surface area is 205 Å². The molecule has 0 bridgehead atoms. The highest BCUT2D eigenvalue weighted by atomic mass is 32.2. The third-order valence-corrected chi connectivity index (χ3v) is 7.41. The fourth-order valence-electron chi connectivity index (χ4n) is 4.28. The van der Waals surface area contributed by atoms with E-state index in [0.717, 1.165) is 18.6 Å². The van der Waals surface area contributed by atoms with Gasteiger partial charge in [-0.2, -0.15) is 0 Å². The van der Waals surface area contributed by atoms with Gasteiger partial charge in [-0.1, -0.05) is 37.3 Å². The van der Waals surface area contributed by atoms with Gasteiger partial charge in [-0.25, -0.2) is 17.7 Å². The first-order valence-corrected chi connectivity index (χ1v) is 12.8. The van der Waals surface area contributed by atoms with Crippen LogP contribution >= 0.6 is 0 Å². The van der Waals surface area contributed by atoms with Crippen LogP contribution in [-0.2, 0) is 15.8 Å². The number of fused-ring (bicyclic) bond motifs is 1. The molecule has 0 spiro atoms. The second kappa shape index (κ2) is 11.0. The van der Waals surface area contributed by atoms with Gasteiger partial charge < -0.3 is 10.2 Å². The fourth-order valence-corrected chi connectivity index (χ4v) is 5.51. The molecule has 1 atom stereocenters. The lowest BCUT2D eigenvalue weighted by atomic mass is 10.1. The lowest BCUT2D eigenvalue weighted by molar-refractivity contribution is -0.132. The summed E-state index contributed by atoms with van der Waals surface area (Å²) in [5.41, 5.74) is -0.300. The van der Waals surface area contributed by atoms with E-state index < -0.39 is 34.1 Å². The third-order valence-electron chi connectivity index (χ3n) is 6.11. The van der Waals surface area contributed by atoms with Crippen molar-refractivity contribution in [1.29, 1.82) is 0 Å². The smallest absolute Gasteiger partial charge is 0.261 e. The van der Waals surface area contributed by atoms with E-state index in [1.165, 1.54) is 6.07 Å². The summed E-state index contributed by atoms with van der Waals surface area (Å²) in [6, 6.07) is 13.6. The van der Waals surface area contributed by atoms with E-state index in [2.05, 4.69) is 10.0 Å². The number of carbonyl (C=O) groups excluding carboxylic acids is 2. The van der Waals surface area contributed by atoms with Crippen molar-refractivity contribution in [3.05, 3.63) is 71.8 Å². The molecule has 6 nitrogen and oxygen atoms in total. The molecule has 1 saturated heterocycles. The molecule has 1 heterocycles. The molecule has 0 aliphatic carbocycles. The highest BCUT2D eigenvalue weighted by molar-refractivity contribution is 7.83. The molecule has 2 amide bonds. The summed E-state index contributed by atoms with van der Waals surface area (Å²) in [4.78, 5) is 27.1. The van der Waals surface area contributed by atoms with E-state index in [1.54, 1.807) is 36.4 Å². The average molecular weight is 500 g/mol. The molecule has 0 saturated carbocycles. The Bertz CT molecular complexity index is 1260. The van der Waals surface area contributed by atoms with E-state index in [9.17, 15) is 22.6 Å². The minimum absolute atomic E-state index is 0.00341. The van der Waals surface area contributed by atoms with E-state index in [-0.39, 0.29) is 11.9 Å². The minimum atomic E-state index is -1.53. The Morgan fingerprint density at radius 3 is 2.29 bits per heavy atom. The van der Waals surface area contributed by atoms with Crippen LogP contribution in [0.15, 0.2) is 59.5 Å². The van der Waals surface area contributed by atoms with E-state index in [0.29, 0.717) is 53.7 Å². The molecule has 2 N–H and O–H groups in total. The second-order valence-corrected chi connectivity index (χ2v) is 9.71. The summed E-state index contributed by atoms with van der Waals surface area (Å²) in [6.07, 6.45) is 2.78. The van der Waals surface area contributed by atoms with E-state index in [4.69, 9.17) is 0 Å². The van der Waals surface area contributed by atoms with Crippen molar-refractivity contribution in [1.82, 2.24) is 9.62 Å². The highest BCUT2D eigenvalue weighted by Crippen LogP contribution is 2.29. The van der Waals surface area contributed by atoms with Gasteiger partial charge in [0.1, 0.15) is 28.2 Å². The molecule has 9 heteroatoms. The zero-order chi connectivity index (χ0) is 24.9. The topological polar surface area (TPSA) is 78.5 Å². The van der Waals surface area contributed by atoms with Gasteiger partial charge in [0.25, 0.3) is 5.91 Å². The van der Waals surface area contributed by atoms with Gasteiger partial charge >= 0.3 is 0 Å². The number of amides is 2. The summed E-state index contributed by atoms with van der Waals surface area (Å²) in [7, 11) is -1.53. The molecule has 4 rings (SSSR count). The van der Waals surface area contributed by atoms with Gasteiger partial charge in [-0.05, 0) is 43.5 Å². The molecule has 184 valence electrons. The van der Waals surface area contributed by atoms with Crippen LogP contribution in [0.5, 0.6) is 0 Å². The summed E-state index contributed by atoms with van der Waals surface area (Å²) in [6.45, 7) is 3.24. The van der Waals surface area contributed by atoms with Crippen molar-refractivity contribution in [2.75, 3.05) is 18.4 Å². The quantitative estimate of drug-likeness (QED) is 0.491.